The van der Waals surface area contributed by atoms with E-state index in [0.717, 1.165) is 51.1 Å². The first-order chi connectivity index (χ1) is 16.7. The Bertz CT molecular complexity index is 977. The highest BCUT2D eigenvalue weighted by molar-refractivity contribution is 5.77. The zero-order valence-electron chi connectivity index (χ0n) is 19.9. The van der Waals surface area contributed by atoms with E-state index in [1.807, 2.05) is 4.68 Å². The van der Waals surface area contributed by atoms with Crippen LogP contribution in [0.25, 0.3) is 0 Å². The first-order valence-electron chi connectivity index (χ1n) is 12.9. The van der Waals surface area contributed by atoms with Gasteiger partial charge < -0.3 is 10.2 Å². The van der Waals surface area contributed by atoms with Crippen molar-refractivity contribution < 1.29 is 9.59 Å². The predicted octanol–water partition coefficient (Wildman–Crippen LogP) is 2.25. The molecule has 0 radical (unpaired) electrons. The van der Waals surface area contributed by atoms with Crippen molar-refractivity contribution in [1.82, 2.24) is 30.1 Å². The minimum Gasteiger partial charge on any atom is -0.356 e. The average molecular weight is 465 g/mol. The Morgan fingerprint density at radius 3 is 2.76 bits per heavy atom. The third-order valence-corrected chi connectivity index (χ3v) is 7.68. The lowest BCUT2D eigenvalue weighted by molar-refractivity contribution is -0.141. The number of hydrogen-bond acceptors (Lipinski definition) is 5. The highest BCUT2D eigenvalue weighted by atomic mass is 16.2. The van der Waals surface area contributed by atoms with Crippen molar-refractivity contribution in [3.05, 3.63) is 47.8 Å². The van der Waals surface area contributed by atoms with Crippen molar-refractivity contribution in [1.29, 1.82) is 0 Å². The van der Waals surface area contributed by atoms with Crippen LogP contribution in [0, 0.1) is 11.8 Å². The van der Waals surface area contributed by atoms with Gasteiger partial charge in [0.25, 0.3) is 0 Å². The molecule has 0 aliphatic carbocycles. The van der Waals surface area contributed by atoms with Crippen molar-refractivity contribution in [3.63, 3.8) is 0 Å². The Hall–Kier alpha value is -2.74. The number of fused-ring (bicyclic) bond motifs is 5. The molecule has 2 aromatic rings. The monoisotopic (exact) mass is 464 g/mol. The SMILES string of the molecule is O=C1CCCC2[C@H]3CC(CN(Cc4ccccc4)C3)CN2C(=O)CCCn2nncc2CCN1. The smallest absolute Gasteiger partial charge is 0.222 e. The lowest BCUT2D eigenvalue weighted by atomic mass is 9.77. The molecule has 8 heteroatoms. The molecule has 5 rings (SSSR count). The molecule has 4 heterocycles. The minimum absolute atomic E-state index is 0.0924. The van der Waals surface area contributed by atoms with E-state index in [1.165, 1.54) is 12.0 Å². The molecule has 2 amide bonds. The Morgan fingerprint density at radius 2 is 1.88 bits per heavy atom. The molecule has 1 N–H and O–H groups in total. The van der Waals surface area contributed by atoms with Gasteiger partial charge in [-0.1, -0.05) is 35.5 Å². The molecule has 3 aliphatic rings. The fourth-order valence-corrected chi connectivity index (χ4v) is 6.15. The maximum atomic E-state index is 13.4. The van der Waals surface area contributed by atoms with Crippen LogP contribution < -0.4 is 5.32 Å². The number of amides is 2. The van der Waals surface area contributed by atoms with Gasteiger partial charge >= 0.3 is 0 Å². The van der Waals surface area contributed by atoms with Crippen LogP contribution >= 0.6 is 0 Å². The minimum atomic E-state index is 0.0924. The van der Waals surface area contributed by atoms with Gasteiger partial charge in [0.2, 0.25) is 11.8 Å². The molecule has 3 atom stereocenters. The maximum Gasteiger partial charge on any atom is 0.222 e. The van der Waals surface area contributed by atoms with Crippen molar-refractivity contribution in [3.8, 4) is 0 Å². The lowest BCUT2D eigenvalue weighted by Gasteiger charge is -2.51. The van der Waals surface area contributed by atoms with Crippen LogP contribution in [0.3, 0.4) is 0 Å². The highest BCUT2D eigenvalue weighted by Crippen LogP contribution is 2.36. The van der Waals surface area contributed by atoms with E-state index in [2.05, 4.69) is 55.8 Å². The first-order valence-corrected chi connectivity index (χ1v) is 12.9. The van der Waals surface area contributed by atoms with E-state index in [4.69, 9.17) is 0 Å². The topological polar surface area (TPSA) is 83.4 Å². The quantitative estimate of drug-likeness (QED) is 0.737. The lowest BCUT2D eigenvalue weighted by Crippen LogP contribution is -2.59. The second kappa shape index (κ2) is 10.7. The summed E-state index contributed by atoms with van der Waals surface area (Å²) < 4.78 is 1.88. The van der Waals surface area contributed by atoms with E-state index < -0.39 is 0 Å². The summed E-state index contributed by atoms with van der Waals surface area (Å²) in [5.41, 5.74) is 2.35. The number of benzene rings is 1. The van der Waals surface area contributed by atoms with Crippen LogP contribution in [0.2, 0.25) is 0 Å². The van der Waals surface area contributed by atoms with Crippen LogP contribution in [0.15, 0.2) is 36.5 Å². The molecule has 1 aromatic heterocycles. The Morgan fingerprint density at radius 1 is 1.00 bits per heavy atom. The van der Waals surface area contributed by atoms with Gasteiger partial charge in [0, 0.05) is 64.6 Å². The summed E-state index contributed by atoms with van der Waals surface area (Å²) in [4.78, 5) is 30.6. The number of nitrogens with zero attached hydrogens (tertiary/aromatic N) is 5. The van der Waals surface area contributed by atoms with Gasteiger partial charge in [-0.2, -0.15) is 0 Å². The van der Waals surface area contributed by atoms with Gasteiger partial charge in [0.05, 0.1) is 11.9 Å². The Kier molecular flexibility index (Phi) is 7.23. The zero-order valence-corrected chi connectivity index (χ0v) is 19.9. The number of carbonyl (C=O) groups excluding carboxylic acids is 2. The summed E-state index contributed by atoms with van der Waals surface area (Å²) in [7, 11) is 0. The van der Waals surface area contributed by atoms with Crippen LogP contribution in [0.5, 0.6) is 0 Å². The van der Waals surface area contributed by atoms with Crippen LogP contribution in [0.4, 0.5) is 0 Å². The van der Waals surface area contributed by atoms with Crippen molar-refractivity contribution >= 4 is 11.8 Å². The standard InChI is InChI=1S/C26H36N6O2/c33-25-9-4-8-24-22-14-21(17-30(19-22)16-20-6-2-1-3-7-20)18-31(24)26(34)10-5-13-32-23(11-12-27-25)15-28-29-32/h1-3,6-7,15,21-22,24H,4-5,8-14,16-19H2,(H,27,33)/t21?,22-,24?/m0/s1. The number of carbonyl (C=O) groups is 2. The van der Waals surface area contributed by atoms with E-state index in [0.29, 0.717) is 44.2 Å². The van der Waals surface area contributed by atoms with Crippen molar-refractivity contribution in [2.45, 2.75) is 64.1 Å². The summed E-state index contributed by atoms with van der Waals surface area (Å²) in [5, 5.41) is 11.3. The predicted molar refractivity (Wildman–Crippen MR) is 129 cm³/mol. The largest absolute Gasteiger partial charge is 0.356 e. The molecule has 1 aromatic carbocycles. The molecule has 3 aliphatic heterocycles. The van der Waals surface area contributed by atoms with Crippen molar-refractivity contribution in [2.24, 2.45) is 11.8 Å². The highest BCUT2D eigenvalue weighted by Gasteiger charge is 2.42. The van der Waals surface area contributed by atoms with Gasteiger partial charge in [-0.05, 0) is 43.1 Å². The van der Waals surface area contributed by atoms with Crippen LogP contribution in [-0.4, -0.2) is 68.8 Å². The molecular weight excluding hydrogens is 428 g/mol. The number of aromatic nitrogens is 3. The van der Waals surface area contributed by atoms with Gasteiger partial charge in [-0.15, -0.1) is 5.10 Å². The van der Waals surface area contributed by atoms with E-state index in [-0.39, 0.29) is 17.9 Å². The summed E-state index contributed by atoms with van der Waals surface area (Å²) in [6, 6.07) is 10.9. The number of piperidine rings is 2. The normalized spacial score (nSPS) is 27.2. The summed E-state index contributed by atoms with van der Waals surface area (Å²) >= 11 is 0. The van der Waals surface area contributed by atoms with E-state index >= 15 is 0 Å². The van der Waals surface area contributed by atoms with E-state index in [9.17, 15) is 9.59 Å². The Balaban J connectivity index is 1.29. The number of aryl methyl sites for hydroxylation is 1. The molecule has 34 heavy (non-hydrogen) atoms. The first kappa shape index (κ1) is 23.0. The third kappa shape index (κ3) is 5.49. The molecule has 182 valence electrons. The number of nitrogens with one attached hydrogen (secondary N) is 1. The maximum absolute atomic E-state index is 13.4. The summed E-state index contributed by atoms with van der Waals surface area (Å²) in [5.74, 6) is 1.35. The Labute approximate surface area is 201 Å². The molecule has 2 unspecified atom stereocenters. The second-order valence-electron chi connectivity index (χ2n) is 10.2. The van der Waals surface area contributed by atoms with Gasteiger partial charge in [0.1, 0.15) is 0 Å². The fraction of sp³-hybridized carbons (Fsp3) is 0.615. The van der Waals surface area contributed by atoms with Crippen LogP contribution in [-0.2, 0) is 29.1 Å². The molecule has 0 saturated carbocycles. The molecule has 0 spiro atoms. The number of likely N-dealkylation sites (tertiary alicyclic amines) is 1. The zero-order chi connectivity index (χ0) is 23.3. The van der Waals surface area contributed by atoms with Gasteiger partial charge in [-0.3, -0.25) is 14.5 Å². The molecule has 2 bridgehead atoms. The van der Waals surface area contributed by atoms with Crippen molar-refractivity contribution in [2.75, 3.05) is 26.2 Å². The number of hydrogen-bond donors (Lipinski definition) is 1. The van der Waals surface area contributed by atoms with E-state index in [1.54, 1.807) is 6.20 Å². The third-order valence-electron chi connectivity index (χ3n) is 7.68. The average Bonchev–Trinajstić information content (AvgIpc) is 3.27. The molecule has 2 fully saturated rings. The molecule has 8 nitrogen and oxygen atoms in total. The molecule has 2 saturated heterocycles. The summed E-state index contributed by atoms with van der Waals surface area (Å²) in [6.45, 7) is 5.16. The van der Waals surface area contributed by atoms with Gasteiger partial charge in [0.15, 0.2) is 0 Å². The molecular formula is C26H36N6O2. The number of rotatable bonds is 2. The van der Waals surface area contributed by atoms with Gasteiger partial charge in [-0.25, -0.2) is 4.68 Å². The fourth-order valence-electron chi connectivity index (χ4n) is 6.15. The summed E-state index contributed by atoms with van der Waals surface area (Å²) in [6.07, 6.45) is 7.20. The second-order valence-corrected chi connectivity index (χ2v) is 10.2. The van der Waals surface area contributed by atoms with Crippen LogP contribution in [0.1, 0.15) is 49.8 Å².